The second-order valence-corrected chi connectivity index (χ2v) is 7.62. The van der Waals surface area contributed by atoms with Crippen molar-refractivity contribution in [2.75, 3.05) is 5.43 Å². The summed E-state index contributed by atoms with van der Waals surface area (Å²) in [7, 11) is -9.65. The number of fused-ring (bicyclic) bond motifs is 1. The van der Waals surface area contributed by atoms with E-state index in [0.717, 1.165) is 24.3 Å². The number of hydrogen-bond donors (Lipinski definition) is 4. The summed E-state index contributed by atoms with van der Waals surface area (Å²) < 4.78 is 65.3. The van der Waals surface area contributed by atoms with E-state index in [2.05, 4.69) is 32.1 Å². The predicted molar refractivity (Wildman–Crippen MR) is 88.6 cm³/mol. The van der Waals surface area contributed by atoms with Crippen LogP contribution < -0.4 is 5.43 Å². The first-order chi connectivity index (χ1) is 12.1. The van der Waals surface area contributed by atoms with Gasteiger partial charge in [-0.05, 0) is 18.5 Å². The van der Waals surface area contributed by atoms with E-state index in [9.17, 15) is 31.0 Å². The van der Waals surface area contributed by atoms with Gasteiger partial charge in [0.15, 0.2) is 0 Å². The van der Waals surface area contributed by atoms with Gasteiger partial charge >= 0.3 is 32.7 Å². The van der Waals surface area contributed by atoms with Gasteiger partial charge in [-0.3, -0.25) is 19.6 Å². The third-order valence-electron chi connectivity index (χ3n) is 3.23. The molecule has 136 valence electrons. The van der Waals surface area contributed by atoms with Gasteiger partial charge in [-0.2, -0.15) is 16.8 Å². The number of nitrogens with one attached hydrogen (secondary N) is 1. The minimum atomic E-state index is -4.82. The Morgan fingerprint density at radius 1 is 1.07 bits per heavy atom. The molecule has 2 aromatic carbocycles. The number of anilines is 1. The van der Waals surface area contributed by atoms with Crippen molar-refractivity contribution in [3.05, 3.63) is 24.3 Å². The number of aromatic hydroxyl groups is 1. The average Bonchev–Trinajstić information content (AvgIpc) is 3.05. The Hall–Kier alpha value is -1.84. The number of guanidine groups is 1. The number of phenols is 1. The van der Waals surface area contributed by atoms with E-state index >= 15 is 0 Å². The van der Waals surface area contributed by atoms with E-state index in [1.807, 2.05) is 0 Å². The van der Waals surface area contributed by atoms with Crippen LogP contribution >= 0.6 is 0 Å². The first-order valence-corrected chi connectivity index (χ1v) is 9.41. The van der Waals surface area contributed by atoms with Crippen molar-refractivity contribution < 1.29 is 63.8 Å². The number of hydrazone groups is 1. The molecule has 0 amide bonds. The van der Waals surface area contributed by atoms with Gasteiger partial charge in [-0.25, -0.2) is 10.2 Å². The molecule has 1 heterocycles. The van der Waals surface area contributed by atoms with Gasteiger partial charge in [-0.15, -0.1) is 0 Å². The van der Waals surface area contributed by atoms with Gasteiger partial charge in [0.25, 0.3) is 20.2 Å². The van der Waals surface area contributed by atoms with Crippen LogP contribution in [0.1, 0.15) is 0 Å². The Bertz CT molecular complexity index is 1210. The Kier molecular flexibility index (Phi) is 6.08. The van der Waals surface area contributed by atoms with E-state index in [4.69, 9.17) is 0 Å². The summed E-state index contributed by atoms with van der Waals surface area (Å²) in [5.41, 5.74) is 1.84. The molecule has 0 atom stereocenters. The van der Waals surface area contributed by atoms with Crippen LogP contribution in [-0.4, -0.2) is 43.3 Å². The maximum absolute atomic E-state index is 11.7. The molecule has 4 N–H and O–H groups in total. The van der Waals surface area contributed by atoms with Crippen LogP contribution in [-0.2, 0) is 52.9 Å². The van der Waals surface area contributed by atoms with Crippen LogP contribution in [0.15, 0.2) is 54.4 Å². The standard InChI is InChI=1S/C12H8N5O7S2.Y/c18-11-7(15-17-12-13-5-14-16-12)4-9(26(22,23)24)6-2-1-3-8(10(6)11)25(19,20)21;/h1-4,15,18H,(H,19,20,21)(H,22,23,24);/q-1;+3/b17-12+;. The Morgan fingerprint density at radius 3 is 2.30 bits per heavy atom. The fraction of sp³-hybridized carbons (Fsp3) is 0. The summed E-state index contributed by atoms with van der Waals surface area (Å²) in [5, 5.41) is 19.8. The number of azo groups is 1. The fourth-order valence-electron chi connectivity index (χ4n) is 2.22. The normalized spacial score (nSPS) is 15.3. The third-order valence-corrected chi connectivity index (χ3v) is 5.01. The number of rotatable bonds is 4. The van der Waals surface area contributed by atoms with E-state index < -0.39 is 46.9 Å². The Labute approximate surface area is 177 Å². The van der Waals surface area contributed by atoms with Crippen molar-refractivity contribution in [1.82, 2.24) is 0 Å². The fourth-order valence-corrected chi connectivity index (χ4v) is 3.65. The van der Waals surface area contributed by atoms with Crippen molar-refractivity contribution in [2.45, 2.75) is 9.79 Å². The SMILES string of the molecule is O=S(=O)(O)c1cc(N/N=C2\N=[C-]N=N2)c(O)c2c(S(=O)(=O)O)cccc12.[Y+3]. The molecule has 3 rings (SSSR count). The zero-order valence-corrected chi connectivity index (χ0v) is 17.4. The van der Waals surface area contributed by atoms with E-state index in [-0.39, 0.29) is 44.1 Å². The molecule has 0 saturated heterocycles. The van der Waals surface area contributed by atoms with E-state index in [0.29, 0.717) is 0 Å². The average molecular weight is 487 g/mol. The van der Waals surface area contributed by atoms with Crippen LogP contribution in [0.25, 0.3) is 10.8 Å². The molecule has 1 aliphatic rings. The monoisotopic (exact) mass is 487 g/mol. The maximum Gasteiger partial charge on any atom is 3.00 e. The van der Waals surface area contributed by atoms with Crippen molar-refractivity contribution in [1.29, 1.82) is 0 Å². The molecule has 15 heteroatoms. The van der Waals surface area contributed by atoms with Gasteiger partial charge in [0.05, 0.1) is 5.69 Å². The first kappa shape index (κ1) is 21.5. The second-order valence-electron chi connectivity index (χ2n) is 4.84. The number of phenolic OH excluding ortho intramolecular Hbond substituents is 1. The summed E-state index contributed by atoms with van der Waals surface area (Å²) in [5.74, 6) is -0.950. The maximum atomic E-state index is 11.7. The van der Waals surface area contributed by atoms with Gasteiger partial charge in [0, 0.05) is 10.8 Å². The first-order valence-electron chi connectivity index (χ1n) is 6.53. The molecule has 0 unspecified atom stereocenters. The predicted octanol–water partition coefficient (Wildman–Crippen LogP) is 1.09. The number of nitrogens with zero attached hydrogens (tertiary/aromatic N) is 4. The summed E-state index contributed by atoms with van der Waals surface area (Å²) in [6.45, 7) is 0. The second kappa shape index (κ2) is 7.65. The Morgan fingerprint density at radius 2 is 1.74 bits per heavy atom. The number of aliphatic imine (C=N–C) groups is 1. The summed E-state index contributed by atoms with van der Waals surface area (Å²) in [6.07, 6.45) is 2.12. The number of hydrogen-bond acceptors (Lipinski definition) is 8. The Balaban J connectivity index is 0.00000261. The minimum Gasteiger partial charge on any atom is -0.505 e. The number of benzene rings is 2. The molecule has 0 spiro atoms. The molecule has 0 radical (unpaired) electrons. The zero-order valence-electron chi connectivity index (χ0n) is 13.0. The van der Waals surface area contributed by atoms with Gasteiger partial charge in [0.2, 0.25) is 0 Å². The summed E-state index contributed by atoms with van der Waals surface area (Å²) in [6, 6.07) is 4.05. The third kappa shape index (κ3) is 4.36. The van der Waals surface area contributed by atoms with Crippen LogP contribution in [0.5, 0.6) is 5.75 Å². The van der Waals surface area contributed by atoms with Crippen LogP contribution in [0.3, 0.4) is 0 Å². The molecule has 12 nitrogen and oxygen atoms in total. The molecule has 0 saturated carbocycles. The smallest absolute Gasteiger partial charge is 0.505 e. The van der Waals surface area contributed by atoms with E-state index in [1.54, 1.807) is 0 Å². The van der Waals surface area contributed by atoms with Gasteiger partial charge < -0.3 is 10.1 Å². The van der Waals surface area contributed by atoms with E-state index in [1.165, 1.54) is 0 Å². The van der Waals surface area contributed by atoms with Crippen LogP contribution in [0.4, 0.5) is 5.69 Å². The molecule has 0 aromatic heterocycles. The van der Waals surface area contributed by atoms with Gasteiger partial charge in [-0.1, -0.05) is 12.1 Å². The molecule has 1 aliphatic heterocycles. The van der Waals surface area contributed by atoms with Gasteiger partial charge in [0.1, 0.15) is 21.5 Å². The minimum absolute atomic E-state index is 0. The summed E-state index contributed by atoms with van der Waals surface area (Å²) in [4.78, 5) is 2.01. The molecule has 0 aliphatic carbocycles. The molecular formula is C12H8N5O7S2Y+2. The molecular weight excluding hydrogens is 479 g/mol. The van der Waals surface area contributed by atoms with Crippen LogP contribution in [0.2, 0.25) is 0 Å². The van der Waals surface area contributed by atoms with Crippen molar-refractivity contribution >= 4 is 49.0 Å². The van der Waals surface area contributed by atoms with Crippen LogP contribution in [0, 0.1) is 0 Å². The molecule has 0 fully saturated rings. The largest absolute Gasteiger partial charge is 3.00 e. The van der Waals surface area contributed by atoms with Crippen molar-refractivity contribution in [3.8, 4) is 5.75 Å². The molecule has 0 bridgehead atoms. The zero-order chi connectivity index (χ0) is 19.1. The molecule has 27 heavy (non-hydrogen) atoms. The van der Waals surface area contributed by atoms with Crippen molar-refractivity contribution in [2.24, 2.45) is 20.3 Å². The van der Waals surface area contributed by atoms with Crippen molar-refractivity contribution in [3.63, 3.8) is 0 Å². The molecule has 2 aromatic rings. The topological polar surface area (TPSA) is 190 Å². The quantitative estimate of drug-likeness (QED) is 0.213. The summed E-state index contributed by atoms with van der Waals surface area (Å²) >= 11 is 0.